The van der Waals surface area contributed by atoms with Crippen molar-refractivity contribution >= 4 is 17.7 Å². The molecule has 0 saturated carbocycles. The topological polar surface area (TPSA) is 89.9 Å². The van der Waals surface area contributed by atoms with Gasteiger partial charge in [0.05, 0.1) is 23.4 Å². The summed E-state index contributed by atoms with van der Waals surface area (Å²) in [5.74, 6) is -1.09. The van der Waals surface area contributed by atoms with Gasteiger partial charge in [0.25, 0.3) is 0 Å². The monoisotopic (exact) mass is 280 g/mol. The van der Waals surface area contributed by atoms with Crippen LogP contribution in [0.3, 0.4) is 0 Å². The molecule has 0 spiro atoms. The van der Waals surface area contributed by atoms with E-state index in [9.17, 15) is 19.8 Å². The average Bonchev–Trinajstić information content (AvgIpc) is 2.37. The molecule has 0 aliphatic heterocycles. The van der Waals surface area contributed by atoms with Crippen molar-refractivity contribution in [1.82, 2.24) is 4.90 Å². The van der Waals surface area contributed by atoms with E-state index in [1.807, 2.05) is 0 Å². The lowest BCUT2D eigenvalue weighted by molar-refractivity contribution is 0.0697. The molecule has 0 radical (unpaired) electrons. The molecule has 0 aromatic heterocycles. The molecule has 0 unspecified atom stereocenters. The number of aliphatic hydroxyl groups is 1. The van der Waals surface area contributed by atoms with E-state index in [4.69, 9.17) is 0 Å². The highest BCUT2D eigenvalue weighted by Gasteiger charge is 2.27. The van der Waals surface area contributed by atoms with Crippen LogP contribution in [0.1, 0.15) is 29.8 Å². The lowest BCUT2D eigenvalue weighted by Crippen LogP contribution is -2.49. The minimum Gasteiger partial charge on any atom is -0.478 e. The molecule has 110 valence electrons. The summed E-state index contributed by atoms with van der Waals surface area (Å²) in [6.45, 7) is 4.89. The SMILES string of the molecule is Cc1cccc(NC(=O)N(C)C(C)(C)CO)c1C(=O)O. The zero-order valence-corrected chi connectivity index (χ0v) is 12.1. The number of aromatic carboxylic acids is 1. The fourth-order valence-corrected chi connectivity index (χ4v) is 1.64. The fourth-order valence-electron chi connectivity index (χ4n) is 1.64. The van der Waals surface area contributed by atoms with E-state index >= 15 is 0 Å². The van der Waals surface area contributed by atoms with Crippen molar-refractivity contribution < 1.29 is 19.8 Å². The minimum absolute atomic E-state index is 0.0658. The van der Waals surface area contributed by atoms with Crippen LogP contribution in [0.25, 0.3) is 0 Å². The van der Waals surface area contributed by atoms with E-state index in [0.29, 0.717) is 5.56 Å². The van der Waals surface area contributed by atoms with Gasteiger partial charge >= 0.3 is 12.0 Å². The van der Waals surface area contributed by atoms with Crippen molar-refractivity contribution in [2.75, 3.05) is 19.0 Å². The first kappa shape index (κ1) is 16.0. The number of hydrogen-bond acceptors (Lipinski definition) is 3. The molecule has 0 saturated heterocycles. The Hall–Kier alpha value is -2.08. The molecule has 1 aromatic carbocycles. The number of likely N-dealkylation sites (N-methyl/N-ethyl adjacent to an activating group) is 1. The van der Waals surface area contributed by atoms with Crippen LogP contribution in [0, 0.1) is 6.92 Å². The van der Waals surface area contributed by atoms with E-state index in [2.05, 4.69) is 5.32 Å². The summed E-state index contributed by atoms with van der Waals surface area (Å²) in [5.41, 5.74) is 0.135. The number of amides is 2. The van der Waals surface area contributed by atoms with Crippen molar-refractivity contribution in [2.45, 2.75) is 26.3 Å². The largest absolute Gasteiger partial charge is 0.478 e. The number of aryl methyl sites for hydroxylation is 1. The number of benzene rings is 1. The van der Waals surface area contributed by atoms with Crippen LogP contribution in [0.4, 0.5) is 10.5 Å². The summed E-state index contributed by atoms with van der Waals surface area (Å²) in [6, 6.07) is 4.40. The number of nitrogens with one attached hydrogen (secondary N) is 1. The Balaban J connectivity index is 3.03. The van der Waals surface area contributed by atoms with Gasteiger partial charge in [-0.05, 0) is 32.4 Å². The van der Waals surface area contributed by atoms with E-state index in [1.165, 1.54) is 11.0 Å². The number of nitrogens with zero attached hydrogens (tertiary/aromatic N) is 1. The molecule has 0 aliphatic rings. The molecule has 0 fully saturated rings. The van der Waals surface area contributed by atoms with Gasteiger partial charge in [-0.25, -0.2) is 9.59 Å². The fraction of sp³-hybridized carbons (Fsp3) is 0.429. The third-order valence-corrected chi connectivity index (χ3v) is 3.33. The molecule has 20 heavy (non-hydrogen) atoms. The smallest absolute Gasteiger partial charge is 0.338 e. The van der Waals surface area contributed by atoms with Gasteiger partial charge in [0, 0.05) is 7.05 Å². The molecule has 3 N–H and O–H groups in total. The second-order valence-electron chi connectivity index (χ2n) is 5.26. The van der Waals surface area contributed by atoms with Gasteiger partial charge in [0.15, 0.2) is 0 Å². The van der Waals surface area contributed by atoms with Crippen molar-refractivity contribution in [3.8, 4) is 0 Å². The third-order valence-electron chi connectivity index (χ3n) is 3.33. The number of urea groups is 1. The van der Waals surface area contributed by atoms with Gasteiger partial charge in [0.2, 0.25) is 0 Å². The van der Waals surface area contributed by atoms with E-state index in [0.717, 1.165) is 0 Å². The van der Waals surface area contributed by atoms with E-state index in [-0.39, 0.29) is 17.9 Å². The van der Waals surface area contributed by atoms with Gasteiger partial charge < -0.3 is 20.4 Å². The summed E-state index contributed by atoms with van der Waals surface area (Å²) in [5, 5.41) is 21.0. The van der Waals surface area contributed by atoms with Crippen LogP contribution in [0.2, 0.25) is 0 Å². The first-order chi connectivity index (χ1) is 9.20. The molecule has 2 amide bonds. The summed E-state index contributed by atoms with van der Waals surface area (Å²) in [6.07, 6.45) is 0. The van der Waals surface area contributed by atoms with Gasteiger partial charge in [0.1, 0.15) is 0 Å². The van der Waals surface area contributed by atoms with Crippen LogP contribution in [-0.4, -0.2) is 46.3 Å². The molecule has 0 heterocycles. The number of carbonyl (C=O) groups is 2. The second-order valence-corrected chi connectivity index (χ2v) is 5.26. The Morgan fingerprint density at radius 2 is 1.95 bits per heavy atom. The molecular weight excluding hydrogens is 260 g/mol. The van der Waals surface area contributed by atoms with Gasteiger partial charge in [-0.2, -0.15) is 0 Å². The maximum Gasteiger partial charge on any atom is 0.338 e. The first-order valence-electron chi connectivity index (χ1n) is 6.19. The number of carboxylic acid groups (broad SMARTS) is 1. The Morgan fingerprint density at radius 1 is 1.35 bits per heavy atom. The second kappa shape index (κ2) is 5.92. The molecule has 0 aliphatic carbocycles. The highest BCUT2D eigenvalue weighted by atomic mass is 16.4. The average molecular weight is 280 g/mol. The number of anilines is 1. The Labute approximate surface area is 118 Å². The van der Waals surface area contributed by atoms with Crippen molar-refractivity contribution in [2.24, 2.45) is 0 Å². The lowest BCUT2D eigenvalue weighted by Gasteiger charge is -2.34. The highest BCUT2D eigenvalue weighted by molar-refractivity contribution is 6.01. The molecule has 0 bridgehead atoms. The standard InChI is InChI=1S/C14H20N2O4/c1-9-6-5-7-10(11(9)12(18)19)15-13(20)16(4)14(2,3)8-17/h5-7,17H,8H2,1-4H3,(H,15,20)(H,18,19). The number of aliphatic hydroxyl groups excluding tert-OH is 1. The Bertz CT molecular complexity index is 526. The van der Waals surface area contributed by atoms with Gasteiger partial charge in [-0.1, -0.05) is 12.1 Å². The zero-order valence-electron chi connectivity index (χ0n) is 12.1. The van der Waals surface area contributed by atoms with Crippen molar-refractivity contribution in [1.29, 1.82) is 0 Å². The molecule has 1 aromatic rings. The number of hydrogen-bond donors (Lipinski definition) is 3. The maximum atomic E-state index is 12.1. The normalized spacial score (nSPS) is 11.1. The predicted octanol–water partition coefficient (Wildman–Crippen LogP) is 1.93. The molecular formula is C14H20N2O4. The summed E-state index contributed by atoms with van der Waals surface area (Å²) < 4.78 is 0. The Morgan fingerprint density at radius 3 is 2.45 bits per heavy atom. The van der Waals surface area contributed by atoms with Crippen LogP contribution in [-0.2, 0) is 0 Å². The van der Waals surface area contributed by atoms with Crippen LogP contribution in [0.15, 0.2) is 18.2 Å². The number of carboxylic acids is 1. The Kier molecular flexibility index (Phi) is 4.73. The molecule has 6 heteroatoms. The number of rotatable bonds is 4. The summed E-state index contributed by atoms with van der Waals surface area (Å²) >= 11 is 0. The highest BCUT2D eigenvalue weighted by Crippen LogP contribution is 2.21. The quantitative estimate of drug-likeness (QED) is 0.786. The van der Waals surface area contributed by atoms with Crippen LogP contribution in [0.5, 0.6) is 0 Å². The van der Waals surface area contributed by atoms with Gasteiger partial charge in [-0.3, -0.25) is 0 Å². The van der Waals surface area contributed by atoms with Crippen molar-refractivity contribution in [3.63, 3.8) is 0 Å². The zero-order chi connectivity index (χ0) is 15.5. The lowest BCUT2D eigenvalue weighted by atomic mass is 10.1. The summed E-state index contributed by atoms with van der Waals surface area (Å²) in [7, 11) is 1.54. The molecule has 1 rings (SSSR count). The number of carbonyl (C=O) groups excluding carboxylic acids is 1. The third kappa shape index (κ3) is 3.27. The van der Waals surface area contributed by atoms with Crippen LogP contribution >= 0.6 is 0 Å². The first-order valence-corrected chi connectivity index (χ1v) is 6.19. The summed E-state index contributed by atoms with van der Waals surface area (Å²) in [4.78, 5) is 24.7. The maximum absolute atomic E-state index is 12.1. The van der Waals surface area contributed by atoms with Crippen LogP contribution < -0.4 is 5.32 Å². The van der Waals surface area contributed by atoms with Crippen molar-refractivity contribution in [3.05, 3.63) is 29.3 Å². The van der Waals surface area contributed by atoms with Gasteiger partial charge in [-0.15, -0.1) is 0 Å². The molecule has 6 nitrogen and oxygen atoms in total. The van der Waals surface area contributed by atoms with E-state index < -0.39 is 17.5 Å². The molecule has 0 atom stereocenters. The minimum atomic E-state index is -1.09. The van der Waals surface area contributed by atoms with E-state index in [1.54, 1.807) is 40.0 Å². The predicted molar refractivity (Wildman–Crippen MR) is 76.1 cm³/mol.